The number of aromatic nitrogens is 2. The molecule has 0 aliphatic rings. The molecule has 1 aromatic carbocycles. The van der Waals surface area contributed by atoms with Crippen molar-refractivity contribution in [2.75, 3.05) is 13.7 Å². The number of rotatable bonds is 8. The van der Waals surface area contributed by atoms with Crippen LogP contribution in [-0.2, 0) is 11.2 Å². The molecular weight excluding hydrogens is 350 g/mol. The fraction of sp³-hybridized carbons (Fsp3) is 0.263. The molecule has 1 atom stereocenters. The Kier molecular flexibility index (Phi) is 5.91. The number of imidazole rings is 1. The number of carbonyl (C=O) groups excluding carboxylic acids is 1. The average Bonchev–Trinajstić information content (AvgIpc) is 3.33. The molecule has 0 fully saturated rings. The van der Waals surface area contributed by atoms with Gasteiger partial charge in [0.05, 0.1) is 18.3 Å². The molecule has 0 bridgehead atoms. The Morgan fingerprint density at radius 1 is 1.27 bits per heavy atom. The topological polar surface area (TPSA) is 76.2 Å². The van der Waals surface area contributed by atoms with Crippen LogP contribution in [0.5, 0.6) is 11.5 Å². The molecule has 26 heavy (non-hydrogen) atoms. The Bertz CT molecular complexity index is 828. The normalized spacial score (nSPS) is 11.8. The molecule has 0 saturated carbocycles. The molecule has 6 nitrogen and oxygen atoms in total. The summed E-state index contributed by atoms with van der Waals surface area (Å²) in [5, 5.41) is 4.92. The van der Waals surface area contributed by atoms with Gasteiger partial charge in [-0.05, 0) is 42.6 Å². The van der Waals surface area contributed by atoms with Gasteiger partial charge in [0.25, 0.3) is 5.91 Å². The summed E-state index contributed by atoms with van der Waals surface area (Å²) in [4.78, 5) is 20.9. The Hall–Kier alpha value is -2.80. The average molecular weight is 371 g/mol. The highest BCUT2D eigenvalue weighted by atomic mass is 32.1. The number of hydrogen-bond acceptors (Lipinski definition) is 5. The van der Waals surface area contributed by atoms with Crippen LogP contribution in [0.25, 0.3) is 10.6 Å². The molecule has 136 valence electrons. The first-order chi connectivity index (χ1) is 12.7. The van der Waals surface area contributed by atoms with Crippen molar-refractivity contribution < 1.29 is 14.3 Å². The van der Waals surface area contributed by atoms with Crippen LogP contribution in [0.15, 0.2) is 48.1 Å². The van der Waals surface area contributed by atoms with E-state index >= 15 is 0 Å². The summed E-state index contributed by atoms with van der Waals surface area (Å²) >= 11 is 1.64. The van der Waals surface area contributed by atoms with E-state index in [1.807, 2.05) is 17.5 Å². The van der Waals surface area contributed by atoms with Gasteiger partial charge in [-0.25, -0.2) is 4.98 Å². The second-order valence-corrected chi connectivity index (χ2v) is 6.63. The molecule has 0 saturated heterocycles. The van der Waals surface area contributed by atoms with Crippen molar-refractivity contribution in [1.82, 2.24) is 15.3 Å². The van der Waals surface area contributed by atoms with Gasteiger partial charge < -0.3 is 19.8 Å². The minimum Gasteiger partial charge on any atom is -0.497 e. The fourth-order valence-electron chi connectivity index (χ4n) is 2.50. The second-order valence-electron chi connectivity index (χ2n) is 5.68. The molecule has 3 rings (SSSR count). The third-order valence-corrected chi connectivity index (χ3v) is 4.77. The van der Waals surface area contributed by atoms with E-state index in [-0.39, 0.29) is 5.91 Å². The zero-order chi connectivity index (χ0) is 18.4. The molecule has 2 heterocycles. The van der Waals surface area contributed by atoms with E-state index in [1.165, 1.54) is 0 Å². The Labute approximate surface area is 156 Å². The van der Waals surface area contributed by atoms with E-state index in [0.29, 0.717) is 18.7 Å². The third-order valence-electron chi connectivity index (χ3n) is 3.89. The third kappa shape index (κ3) is 4.43. The molecule has 0 spiro atoms. The summed E-state index contributed by atoms with van der Waals surface area (Å²) in [5.74, 6) is 1.22. The van der Waals surface area contributed by atoms with Gasteiger partial charge >= 0.3 is 0 Å². The van der Waals surface area contributed by atoms with Crippen LogP contribution in [0, 0.1) is 0 Å². The number of ether oxygens (including phenoxy) is 2. The van der Waals surface area contributed by atoms with Gasteiger partial charge in [0.1, 0.15) is 17.2 Å². The molecule has 2 aromatic heterocycles. The smallest absolute Gasteiger partial charge is 0.260 e. The summed E-state index contributed by atoms with van der Waals surface area (Å²) in [6.45, 7) is 2.24. The lowest BCUT2D eigenvalue weighted by Gasteiger charge is -2.15. The molecule has 1 unspecified atom stereocenters. The zero-order valence-electron chi connectivity index (χ0n) is 14.7. The Morgan fingerprint density at radius 2 is 2.04 bits per heavy atom. The first-order valence-corrected chi connectivity index (χ1v) is 9.20. The van der Waals surface area contributed by atoms with Crippen LogP contribution in [0.3, 0.4) is 0 Å². The van der Waals surface area contributed by atoms with Crippen LogP contribution in [-0.4, -0.2) is 35.6 Å². The molecule has 1 amide bonds. The first kappa shape index (κ1) is 18.0. The molecule has 0 aliphatic carbocycles. The lowest BCUT2D eigenvalue weighted by Crippen LogP contribution is -2.37. The number of carbonyl (C=O) groups is 1. The van der Waals surface area contributed by atoms with Crippen molar-refractivity contribution in [3.63, 3.8) is 0 Å². The van der Waals surface area contributed by atoms with Crippen molar-refractivity contribution in [2.24, 2.45) is 0 Å². The number of H-pyrrole nitrogens is 1. The van der Waals surface area contributed by atoms with Gasteiger partial charge in [-0.15, -0.1) is 11.3 Å². The number of aromatic amines is 1. The number of thiophene rings is 1. The van der Waals surface area contributed by atoms with Crippen LogP contribution in [0.4, 0.5) is 0 Å². The quantitative estimate of drug-likeness (QED) is 0.637. The standard InChI is InChI=1S/C19H21N3O3S/c1-13(25-15-7-5-14(24-2)6-8-15)19(23)20-10-9-16-18(22-12-21-16)17-4-3-11-26-17/h3-8,11-13H,9-10H2,1-2H3,(H,20,23)(H,21,22). The van der Waals surface area contributed by atoms with Crippen LogP contribution in [0.1, 0.15) is 12.6 Å². The van der Waals surface area contributed by atoms with E-state index in [9.17, 15) is 4.79 Å². The van der Waals surface area contributed by atoms with Crippen LogP contribution in [0.2, 0.25) is 0 Å². The highest BCUT2D eigenvalue weighted by molar-refractivity contribution is 7.13. The van der Waals surface area contributed by atoms with Crippen molar-refractivity contribution in [2.45, 2.75) is 19.4 Å². The minimum atomic E-state index is -0.582. The predicted octanol–water partition coefficient (Wildman–Crippen LogP) is 3.27. The van der Waals surface area contributed by atoms with Gasteiger partial charge in [-0.2, -0.15) is 0 Å². The van der Waals surface area contributed by atoms with E-state index < -0.39 is 6.10 Å². The van der Waals surface area contributed by atoms with E-state index in [2.05, 4.69) is 15.3 Å². The largest absolute Gasteiger partial charge is 0.497 e. The van der Waals surface area contributed by atoms with E-state index in [4.69, 9.17) is 9.47 Å². The molecule has 0 aliphatic heterocycles. The minimum absolute atomic E-state index is 0.155. The highest BCUT2D eigenvalue weighted by Crippen LogP contribution is 2.25. The van der Waals surface area contributed by atoms with Gasteiger partial charge in [-0.3, -0.25) is 4.79 Å². The lowest BCUT2D eigenvalue weighted by atomic mass is 10.2. The molecule has 0 radical (unpaired) electrons. The number of hydrogen-bond donors (Lipinski definition) is 2. The van der Waals surface area contributed by atoms with Gasteiger partial charge in [-0.1, -0.05) is 6.07 Å². The number of benzene rings is 1. The molecule has 7 heteroatoms. The molecule has 3 aromatic rings. The lowest BCUT2D eigenvalue weighted by molar-refractivity contribution is -0.127. The number of amides is 1. The predicted molar refractivity (Wildman–Crippen MR) is 102 cm³/mol. The Morgan fingerprint density at radius 3 is 2.73 bits per heavy atom. The molecular formula is C19H21N3O3S. The van der Waals surface area contributed by atoms with Crippen molar-refractivity contribution in [3.8, 4) is 22.1 Å². The van der Waals surface area contributed by atoms with Crippen molar-refractivity contribution >= 4 is 17.2 Å². The van der Waals surface area contributed by atoms with Crippen LogP contribution < -0.4 is 14.8 Å². The maximum absolute atomic E-state index is 12.2. The van der Waals surface area contributed by atoms with Gasteiger partial charge in [0.2, 0.25) is 0 Å². The number of methoxy groups -OCH3 is 1. The molecule has 2 N–H and O–H groups in total. The van der Waals surface area contributed by atoms with Crippen LogP contribution >= 0.6 is 11.3 Å². The maximum atomic E-state index is 12.2. The summed E-state index contributed by atoms with van der Waals surface area (Å²) in [6.07, 6.45) is 1.78. The van der Waals surface area contributed by atoms with Crippen molar-refractivity contribution in [1.29, 1.82) is 0 Å². The fourth-order valence-corrected chi connectivity index (χ4v) is 3.25. The van der Waals surface area contributed by atoms with E-state index in [1.54, 1.807) is 56.0 Å². The zero-order valence-corrected chi connectivity index (χ0v) is 15.5. The summed E-state index contributed by atoms with van der Waals surface area (Å²) in [7, 11) is 1.61. The first-order valence-electron chi connectivity index (χ1n) is 8.32. The SMILES string of the molecule is COc1ccc(OC(C)C(=O)NCCc2[nH]cnc2-c2cccs2)cc1. The second kappa shape index (κ2) is 8.53. The highest BCUT2D eigenvalue weighted by Gasteiger charge is 2.15. The number of nitrogens with zero attached hydrogens (tertiary/aromatic N) is 1. The van der Waals surface area contributed by atoms with E-state index in [0.717, 1.165) is 22.0 Å². The Balaban J connectivity index is 1.48. The monoisotopic (exact) mass is 371 g/mol. The summed E-state index contributed by atoms with van der Waals surface area (Å²) in [6, 6.07) is 11.2. The van der Waals surface area contributed by atoms with Gasteiger partial charge in [0.15, 0.2) is 6.10 Å². The maximum Gasteiger partial charge on any atom is 0.260 e. The summed E-state index contributed by atoms with van der Waals surface area (Å²) < 4.78 is 10.8. The van der Waals surface area contributed by atoms with Crippen molar-refractivity contribution in [3.05, 3.63) is 53.8 Å². The number of nitrogens with one attached hydrogen (secondary N) is 2. The van der Waals surface area contributed by atoms with Gasteiger partial charge in [0, 0.05) is 18.7 Å². The summed E-state index contributed by atoms with van der Waals surface area (Å²) in [5.41, 5.74) is 1.95.